The fourth-order valence-corrected chi connectivity index (χ4v) is 3.30. The van der Waals surface area contributed by atoms with E-state index in [4.69, 9.17) is 9.62 Å². The largest absolute Gasteiger partial charge is 0.337 e. The van der Waals surface area contributed by atoms with Gasteiger partial charge in [0.15, 0.2) is 11.6 Å². The molecular formula is C18H25N7O. The van der Waals surface area contributed by atoms with Crippen LogP contribution in [0, 0.1) is 5.92 Å². The third-order valence-corrected chi connectivity index (χ3v) is 4.64. The molecule has 0 aromatic carbocycles. The maximum atomic E-state index is 5.49. The summed E-state index contributed by atoms with van der Waals surface area (Å²) in [5.41, 5.74) is 2.07. The van der Waals surface area contributed by atoms with Crippen molar-refractivity contribution in [3.63, 3.8) is 0 Å². The second-order valence-electron chi connectivity index (χ2n) is 7.26. The van der Waals surface area contributed by atoms with E-state index in [-0.39, 0.29) is 6.04 Å². The Balaban J connectivity index is 1.61. The number of hydrogen-bond acceptors (Lipinski definition) is 6. The number of aryl methyl sites for hydroxylation is 1. The van der Waals surface area contributed by atoms with Crippen LogP contribution in [0.15, 0.2) is 23.0 Å². The molecule has 0 saturated heterocycles. The third kappa shape index (κ3) is 3.29. The van der Waals surface area contributed by atoms with Crippen LogP contribution in [0.2, 0.25) is 0 Å². The predicted octanol–water partition coefficient (Wildman–Crippen LogP) is 2.43. The molecule has 0 unspecified atom stereocenters. The molecular weight excluding hydrogens is 330 g/mol. The summed E-state index contributed by atoms with van der Waals surface area (Å²) >= 11 is 0. The van der Waals surface area contributed by atoms with Gasteiger partial charge < -0.3 is 14.4 Å². The van der Waals surface area contributed by atoms with Gasteiger partial charge in [-0.1, -0.05) is 19.0 Å². The zero-order valence-corrected chi connectivity index (χ0v) is 15.5. The van der Waals surface area contributed by atoms with Gasteiger partial charge in [0.05, 0.1) is 5.69 Å². The maximum Gasteiger partial charge on any atom is 0.249 e. The highest BCUT2D eigenvalue weighted by molar-refractivity contribution is 5.51. The van der Waals surface area contributed by atoms with Crippen LogP contribution in [0.25, 0.3) is 11.5 Å². The van der Waals surface area contributed by atoms with E-state index >= 15 is 0 Å². The number of fused-ring (bicyclic) bond motifs is 1. The van der Waals surface area contributed by atoms with E-state index in [2.05, 4.69) is 45.0 Å². The minimum absolute atomic E-state index is 0.0967. The van der Waals surface area contributed by atoms with Gasteiger partial charge in [-0.15, -0.1) is 0 Å². The van der Waals surface area contributed by atoms with E-state index in [0.717, 1.165) is 49.8 Å². The molecule has 3 aromatic rings. The molecule has 0 bridgehead atoms. The van der Waals surface area contributed by atoms with Crippen molar-refractivity contribution in [1.82, 2.24) is 34.8 Å². The zero-order valence-electron chi connectivity index (χ0n) is 15.5. The molecule has 8 heteroatoms. The maximum absolute atomic E-state index is 5.49. The summed E-state index contributed by atoms with van der Waals surface area (Å²) in [4.78, 5) is 9.09. The Morgan fingerprint density at radius 2 is 2.19 bits per heavy atom. The molecule has 8 nitrogen and oxygen atoms in total. The minimum atomic E-state index is -0.0967. The number of rotatable bonds is 5. The Hall–Kier alpha value is -2.48. The fraction of sp³-hybridized carbons (Fsp3) is 0.556. The highest BCUT2D eigenvalue weighted by Crippen LogP contribution is 2.25. The zero-order chi connectivity index (χ0) is 18.1. The first-order valence-electron chi connectivity index (χ1n) is 9.25. The molecule has 3 aromatic heterocycles. The van der Waals surface area contributed by atoms with E-state index in [9.17, 15) is 0 Å². The molecule has 0 fully saturated rings. The van der Waals surface area contributed by atoms with Crippen LogP contribution < -0.4 is 5.32 Å². The van der Waals surface area contributed by atoms with E-state index in [1.807, 2.05) is 17.7 Å². The van der Waals surface area contributed by atoms with Crippen LogP contribution in [-0.4, -0.2) is 36.0 Å². The molecule has 1 N–H and O–H groups in total. The second kappa shape index (κ2) is 7.03. The van der Waals surface area contributed by atoms with Crippen molar-refractivity contribution in [3.05, 3.63) is 35.9 Å². The molecule has 0 saturated carbocycles. The quantitative estimate of drug-likeness (QED) is 0.756. The smallest absolute Gasteiger partial charge is 0.249 e. The third-order valence-electron chi connectivity index (χ3n) is 4.64. The van der Waals surface area contributed by atoms with Gasteiger partial charge in [0.2, 0.25) is 5.89 Å². The van der Waals surface area contributed by atoms with E-state index < -0.39 is 0 Å². The summed E-state index contributed by atoms with van der Waals surface area (Å²) in [6.07, 6.45) is 5.63. The highest BCUT2D eigenvalue weighted by Gasteiger charge is 2.22. The number of nitrogens with one attached hydrogen (secondary N) is 1. The highest BCUT2D eigenvalue weighted by atomic mass is 16.5. The van der Waals surface area contributed by atoms with Crippen LogP contribution in [0.4, 0.5) is 0 Å². The molecule has 0 radical (unpaired) electrons. The lowest BCUT2D eigenvalue weighted by atomic mass is 10.1. The Bertz CT molecular complexity index is 852. The van der Waals surface area contributed by atoms with Crippen LogP contribution in [0.1, 0.15) is 50.6 Å². The SMILES string of the molecule is CC(C)Cc1noc([C@H](C)n2ccnc2-c2cc3n(n2)CCCNC3)n1. The lowest BCUT2D eigenvalue weighted by Gasteiger charge is -2.11. The van der Waals surface area contributed by atoms with Gasteiger partial charge in [-0.3, -0.25) is 4.68 Å². The van der Waals surface area contributed by atoms with Gasteiger partial charge in [-0.25, -0.2) is 4.98 Å². The first-order chi connectivity index (χ1) is 12.6. The van der Waals surface area contributed by atoms with Crippen LogP contribution in [0.3, 0.4) is 0 Å². The Labute approximate surface area is 152 Å². The number of imidazole rings is 1. The molecule has 4 rings (SSSR count). The molecule has 1 aliphatic rings. The topological polar surface area (TPSA) is 86.6 Å². The summed E-state index contributed by atoms with van der Waals surface area (Å²) < 4.78 is 9.61. The normalized spacial score (nSPS) is 15.8. The van der Waals surface area contributed by atoms with Crippen LogP contribution in [-0.2, 0) is 19.5 Å². The van der Waals surface area contributed by atoms with Gasteiger partial charge in [-0.05, 0) is 31.9 Å². The molecule has 26 heavy (non-hydrogen) atoms. The Morgan fingerprint density at radius 1 is 1.31 bits per heavy atom. The summed E-state index contributed by atoms with van der Waals surface area (Å²) in [5.74, 6) is 2.67. The van der Waals surface area contributed by atoms with E-state index in [0.29, 0.717) is 11.8 Å². The number of nitrogens with zero attached hydrogens (tertiary/aromatic N) is 6. The predicted molar refractivity (Wildman–Crippen MR) is 96.4 cm³/mol. The molecule has 1 aliphatic heterocycles. The summed E-state index contributed by atoms with van der Waals surface area (Å²) in [7, 11) is 0. The first-order valence-corrected chi connectivity index (χ1v) is 9.25. The van der Waals surface area contributed by atoms with Crippen molar-refractivity contribution < 1.29 is 4.52 Å². The van der Waals surface area contributed by atoms with Crippen molar-refractivity contribution in [2.45, 2.75) is 52.7 Å². The number of aromatic nitrogens is 6. The average Bonchev–Trinajstić information content (AvgIpc) is 3.31. The van der Waals surface area contributed by atoms with Gasteiger partial charge in [0.25, 0.3) is 0 Å². The fourth-order valence-electron chi connectivity index (χ4n) is 3.30. The van der Waals surface area contributed by atoms with Crippen molar-refractivity contribution in [1.29, 1.82) is 0 Å². The van der Waals surface area contributed by atoms with Crippen molar-refractivity contribution in [3.8, 4) is 11.5 Å². The van der Waals surface area contributed by atoms with Crippen LogP contribution in [0.5, 0.6) is 0 Å². The Kier molecular flexibility index (Phi) is 4.58. The molecule has 0 aliphatic carbocycles. The van der Waals surface area contributed by atoms with Gasteiger partial charge in [0.1, 0.15) is 11.7 Å². The molecule has 0 spiro atoms. The lowest BCUT2D eigenvalue weighted by Crippen LogP contribution is -2.11. The standard InChI is InChI=1S/C18H25N7O/c1-12(2)9-16-21-18(26-23-16)13(3)24-8-6-20-17(24)15-10-14-11-19-5-4-7-25(14)22-15/h6,8,10,12-13,19H,4-5,7,9,11H2,1-3H3/t13-/m0/s1. The molecule has 0 amide bonds. The summed E-state index contributed by atoms with van der Waals surface area (Å²) in [5, 5.41) is 12.3. The van der Waals surface area contributed by atoms with Crippen molar-refractivity contribution in [2.75, 3.05) is 6.54 Å². The lowest BCUT2D eigenvalue weighted by molar-refractivity contribution is 0.341. The minimum Gasteiger partial charge on any atom is -0.337 e. The van der Waals surface area contributed by atoms with Gasteiger partial charge in [-0.2, -0.15) is 10.1 Å². The average molecular weight is 355 g/mol. The van der Waals surface area contributed by atoms with E-state index in [1.165, 1.54) is 5.69 Å². The first kappa shape index (κ1) is 17.0. The molecule has 138 valence electrons. The van der Waals surface area contributed by atoms with E-state index in [1.54, 1.807) is 6.20 Å². The number of hydrogen-bond donors (Lipinski definition) is 1. The van der Waals surface area contributed by atoms with Gasteiger partial charge >= 0.3 is 0 Å². The van der Waals surface area contributed by atoms with Crippen molar-refractivity contribution in [2.24, 2.45) is 5.92 Å². The summed E-state index contributed by atoms with van der Waals surface area (Å²) in [6.45, 7) is 9.13. The molecule has 1 atom stereocenters. The monoisotopic (exact) mass is 355 g/mol. The van der Waals surface area contributed by atoms with Crippen LogP contribution >= 0.6 is 0 Å². The van der Waals surface area contributed by atoms with Gasteiger partial charge in [0, 0.05) is 31.9 Å². The second-order valence-corrected chi connectivity index (χ2v) is 7.26. The molecule has 4 heterocycles. The summed E-state index contributed by atoms with van der Waals surface area (Å²) in [6, 6.07) is 2.02. The van der Waals surface area contributed by atoms with Crippen molar-refractivity contribution >= 4 is 0 Å². The Morgan fingerprint density at radius 3 is 3.04 bits per heavy atom.